The lowest BCUT2D eigenvalue weighted by molar-refractivity contribution is 0.644. The third kappa shape index (κ3) is 1.65. The van der Waals surface area contributed by atoms with Crippen LogP contribution in [0.3, 0.4) is 0 Å². The van der Waals surface area contributed by atoms with Crippen LogP contribution in [-0.4, -0.2) is 9.78 Å². The van der Waals surface area contributed by atoms with Gasteiger partial charge in [0, 0.05) is 24.3 Å². The van der Waals surface area contributed by atoms with E-state index in [2.05, 4.69) is 28.0 Å². The zero-order chi connectivity index (χ0) is 12.8. The molecule has 3 heteroatoms. The first kappa shape index (κ1) is 11.2. The minimum atomic E-state index is 0.534. The highest BCUT2D eigenvalue weighted by Crippen LogP contribution is 2.34. The molecule has 2 N–H and O–H groups in total. The lowest BCUT2D eigenvalue weighted by Gasteiger charge is -2.07. The summed E-state index contributed by atoms with van der Waals surface area (Å²) < 4.78 is 2.16. The van der Waals surface area contributed by atoms with Crippen LogP contribution in [0.5, 0.6) is 0 Å². The fourth-order valence-corrected chi connectivity index (χ4v) is 3.59. The predicted molar refractivity (Wildman–Crippen MR) is 75.9 cm³/mol. The number of hydrogen-bond acceptors (Lipinski definition) is 2. The van der Waals surface area contributed by atoms with E-state index in [9.17, 15) is 0 Å². The van der Waals surface area contributed by atoms with Gasteiger partial charge in [-0.1, -0.05) is 18.2 Å². The van der Waals surface area contributed by atoms with Gasteiger partial charge in [0.25, 0.3) is 0 Å². The first-order valence-electron chi connectivity index (χ1n) is 7.27. The van der Waals surface area contributed by atoms with Gasteiger partial charge in [0.15, 0.2) is 0 Å². The quantitative estimate of drug-likeness (QED) is 0.893. The molecule has 1 aliphatic heterocycles. The van der Waals surface area contributed by atoms with Crippen LogP contribution in [-0.2, 0) is 32.4 Å². The second kappa shape index (κ2) is 4.20. The van der Waals surface area contributed by atoms with Gasteiger partial charge in [-0.3, -0.25) is 4.68 Å². The van der Waals surface area contributed by atoms with Crippen molar-refractivity contribution >= 4 is 0 Å². The highest BCUT2D eigenvalue weighted by Gasteiger charge is 2.23. The topological polar surface area (TPSA) is 43.8 Å². The monoisotopic (exact) mass is 253 g/mol. The molecule has 2 aliphatic rings. The van der Waals surface area contributed by atoms with Crippen molar-refractivity contribution in [3.05, 3.63) is 40.7 Å². The van der Waals surface area contributed by atoms with Crippen molar-refractivity contribution in [3.8, 4) is 11.1 Å². The Balaban J connectivity index is 1.88. The number of benzene rings is 1. The number of nitrogens with zero attached hydrogens (tertiary/aromatic N) is 2. The molecule has 1 aliphatic carbocycles. The largest absolute Gasteiger partial charge is 0.325 e. The molecule has 0 spiro atoms. The Morgan fingerprint density at radius 2 is 2.00 bits per heavy atom. The second-order valence-corrected chi connectivity index (χ2v) is 5.64. The van der Waals surface area contributed by atoms with E-state index in [0.29, 0.717) is 6.54 Å². The Morgan fingerprint density at radius 3 is 2.89 bits per heavy atom. The number of fused-ring (bicyclic) bond motifs is 2. The molecule has 0 amide bonds. The zero-order valence-electron chi connectivity index (χ0n) is 11.2. The number of rotatable bonds is 2. The Bertz CT molecular complexity index is 640. The van der Waals surface area contributed by atoms with Crippen LogP contribution < -0.4 is 5.73 Å². The van der Waals surface area contributed by atoms with Gasteiger partial charge in [-0.2, -0.15) is 5.10 Å². The Kier molecular flexibility index (Phi) is 2.49. The molecule has 1 aromatic heterocycles. The first-order chi connectivity index (χ1) is 9.36. The van der Waals surface area contributed by atoms with E-state index in [-0.39, 0.29) is 0 Å². The average molecular weight is 253 g/mol. The van der Waals surface area contributed by atoms with Crippen LogP contribution in [0.4, 0.5) is 0 Å². The summed E-state index contributed by atoms with van der Waals surface area (Å²) in [6.45, 7) is 1.58. The van der Waals surface area contributed by atoms with Crippen molar-refractivity contribution in [1.29, 1.82) is 0 Å². The lowest BCUT2D eigenvalue weighted by atomic mass is 9.98. The van der Waals surface area contributed by atoms with Crippen LogP contribution >= 0.6 is 0 Å². The molecule has 1 aromatic carbocycles. The van der Waals surface area contributed by atoms with Gasteiger partial charge >= 0.3 is 0 Å². The van der Waals surface area contributed by atoms with Crippen molar-refractivity contribution in [2.45, 2.75) is 45.2 Å². The molecule has 2 heterocycles. The van der Waals surface area contributed by atoms with E-state index in [1.807, 2.05) is 0 Å². The smallest absolute Gasteiger partial charge is 0.0841 e. The van der Waals surface area contributed by atoms with E-state index in [1.165, 1.54) is 53.6 Å². The summed E-state index contributed by atoms with van der Waals surface area (Å²) in [7, 11) is 0. The highest BCUT2D eigenvalue weighted by molar-refractivity contribution is 5.70. The van der Waals surface area contributed by atoms with E-state index >= 15 is 0 Å². The number of aromatic nitrogens is 2. The third-order valence-corrected chi connectivity index (χ3v) is 4.49. The van der Waals surface area contributed by atoms with Gasteiger partial charge in [0.2, 0.25) is 0 Å². The van der Waals surface area contributed by atoms with Crippen LogP contribution in [0.2, 0.25) is 0 Å². The number of hydrogen-bond donors (Lipinski definition) is 1. The summed E-state index contributed by atoms with van der Waals surface area (Å²) in [5, 5.41) is 4.67. The molecule has 0 atom stereocenters. The van der Waals surface area contributed by atoms with Gasteiger partial charge < -0.3 is 5.73 Å². The summed E-state index contributed by atoms with van der Waals surface area (Å²) in [6.07, 6.45) is 6.12. The SMILES string of the molecule is NCc1nn2c(c1-c1ccc3c(c1)CCC3)CCC2. The normalized spacial score (nSPS) is 16.7. The van der Waals surface area contributed by atoms with Gasteiger partial charge in [-0.15, -0.1) is 0 Å². The summed E-state index contributed by atoms with van der Waals surface area (Å²) in [4.78, 5) is 0. The van der Waals surface area contributed by atoms with Crippen molar-refractivity contribution in [2.75, 3.05) is 0 Å². The molecule has 4 rings (SSSR count). The van der Waals surface area contributed by atoms with Crippen molar-refractivity contribution in [2.24, 2.45) is 5.73 Å². The number of nitrogens with two attached hydrogens (primary N) is 1. The van der Waals surface area contributed by atoms with Gasteiger partial charge in [-0.05, 0) is 48.8 Å². The van der Waals surface area contributed by atoms with Crippen LogP contribution in [0.1, 0.15) is 35.4 Å². The van der Waals surface area contributed by atoms with Crippen LogP contribution in [0, 0.1) is 0 Å². The predicted octanol–water partition coefficient (Wildman–Crippen LogP) is 2.44. The first-order valence-corrected chi connectivity index (χ1v) is 7.27. The average Bonchev–Trinajstić information content (AvgIpc) is 3.11. The fourth-order valence-electron chi connectivity index (χ4n) is 3.59. The summed E-state index contributed by atoms with van der Waals surface area (Å²) >= 11 is 0. The Hall–Kier alpha value is -1.61. The van der Waals surface area contributed by atoms with E-state index in [0.717, 1.165) is 18.7 Å². The van der Waals surface area contributed by atoms with Crippen molar-refractivity contribution in [3.63, 3.8) is 0 Å². The standard InChI is InChI=1S/C16H19N3/c17-10-14-16(15-5-2-8-19(15)18-14)13-7-6-11-3-1-4-12(11)9-13/h6-7,9H,1-5,8,10,17H2. The molecular formula is C16H19N3. The maximum atomic E-state index is 5.89. The minimum Gasteiger partial charge on any atom is -0.325 e. The summed E-state index contributed by atoms with van der Waals surface area (Å²) in [5.41, 5.74) is 14.0. The van der Waals surface area contributed by atoms with Crippen LogP contribution in [0.25, 0.3) is 11.1 Å². The molecule has 0 radical (unpaired) electrons. The summed E-state index contributed by atoms with van der Waals surface area (Å²) in [6, 6.07) is 6.94. The maximum absolute atomic E-state index is 5.89. The number of aryl methyl sites for hydroxylation is 3. The maximum Gasteiger partial charge on any atom is 0.0841 e. The molecule has 0 fully saturated rings. The molecule has 0 bridgehead atoms. The molecule has 0 unspecified atom stereocenters. The van der Waals surface area contributed by atoms with Gasteiger partial charge in [-0.25, -0.2) is 0 Å². The Labute approximate surface area is 113 Å². The zero-order valence-corrected chi connectivity index (χ0v) is 11.2. The molecule has 19 heavy (non-hydrogen) atoms. The second-order valence-electron chi connectivity index (χ2n) is 5.64. The van der Waals surface area contributed by atoms with E-state index in [4.69, 9.17) is 5.73 Å². The molecule has 2 aromatic rings. The van der Waals surface area contributed by atoms with Crippen molar-refractivity contribution in [1.82, 2.24) is 9.78 Å². The molecule has 3 nitrogen and oxygen atoms in total. The molecular weight excluding hydrogens is 234 g/mol. The highest BCUT2D eigenvalue weighted by atomic mass is 15.3. The molecule has 98 valence electrons. The van der Waals surface area contributed by atoms with Gasteiger partial charge in [0.1, 0.15) is 0 Å². The molecule has 0 saturated carbocycles. The van der Waals surface area contributed by atoms with Gasteiger partial charge in [0.05, 0.1) is 5.69 Å². The minimum absolute atomic E-state index is 0.534. The molecule has 0 saturated heterocycles. The van der Waals surface area contributed by atoms with Crippen LogP contribution in [0.15, 0.2) is 18.2 Å². The lowest BCUT2D eigenvalue weighted by Crippen LogP contribution is -2.01. The summed E-state index contributed by atoms with van der Waals surface area (Å²) in [5.74, 6) is 0. The van der Waals surface area contributed by atoms with E-state index < -0.39 is 0 Å². The Morgan fingerprint density at radius 1 is 1.11 bits per heavy atom. The van der Waals surface area contributed by atoms with E-state index in [1.54, 1.807) is 0 Å². The third-order valence-electron chi connectivity index (χ3n) is 4.49. The van der Waals surface area contributed by atoms with Crippen molar-refractivity contribution < 1.29 is 0 Å². The fraction of sp³-hybridized carbons (Fsp3) is 0.438.